The van der Waals surface area contributed by atoms with Crippen LogP contribution in [0.2, 0.25) is 5.02 Å². The molecule has 1 atom stereocenters. The molecule has 0 heterocycles. The normalized spacial score (nSPS) is 11.4. The second-order valence-electron chi connectivity index (χ2n) is 5.94. The number of anilines is 1. The summed E-state index contributed by atoms with van der Waals surface area (Å²) in [5.74, 6) is -0.952. The Kier molecular flexibility index (Phi) is 6.36. The standard InChI is InChI=1S/C19H20ClN3O3/c1-12(21-18(25)13-7-5-4-6-8-13)17(24)22-14-9-10-15(16(20)11-14)19(26)23(2)3/h4-12H,1-3H3,(H,21,25)(H,22,24). The maximum Gasteiger partial charge on any atom is 0.254 e. The minimum Gasteiger partial charge on any atom is -0.345 e. The van der Waals surface area contributed by atoms with Crippen LogP contribution >= 0.6 is 11.6 Å². The van der Waals surface area contributed by atoms with Crippen molar-refractivity contribution in [2.75, 3.05) is 19.4 Å². The molecule has 2 N–H and O–H groups in total. The maximum absolute atomic E-state index is 12.3. The molecular weight excluding hydrogens is 354 g/mol. The van der Waals surface area contributed by atoms with Crippen molar-refractivity contribution >= 4 is 35.0 Å². The summed E-state index contributed by atoms with van der Waals surface area (Å²) in [4.78, 5) is 37.8. The predicted molar refractivity (Wildman–Crippen MR) is 101 cm³/mol. The Bertz CT molecular complexity index is 822. The van der Waals surface area contributed by atoms with E-state index in [4.69, 9.17) is 11.6 Å². The van der Waals surface area contributed by atoms with Gasteiger partial charge < -0.3 is 15.5 Å². The van der Waals surface area contributed by atoms with Gasteiger partial charge in [0.05, 0.1) is 10.6 Å². The molecule has 7 heteroatoms. The maximum atomic E-state index is 12.3. The summed E-state index contributed by atoms with van der Waals surface area (Å²) in [6.07, 6.45) is 0. The first-order valence-electron chi connectivity index (χ1n) is 7.97. The van der Waals surface area contributed by atoms with Crippen molar-refractivity contribution in [3.63, 3.8) is 0 Å². The van der Waals surface area contributed by atoms with Crippen molar-refractivity contribution < 1.29 is 14.4 Å². The fourth-order valence-corrected chi connectivity index (χ4v) is 2.45. The predicted octanol–water partition coefficient (Wildman–Crippen LogP) is 2.80. The summed E-state index contributed by atoms with van der Waals surface area (Å²) < 4.78 is 0. The minimum atomic E-state index is -0.746. The Labute approximate surface area is 157 Å². The van der Waals surface area contributed by atoms with E-state index in [1.54, 1.807) is 63.5 Å². The summed E-state index contributed by atoms with van der Waals surface area (Å²) in [7, 11) is 3.26. The Morgan fingerprint density at radius 3 is 2.27 bits per heavy atom. The summed E-state index contributed by atoms with van der Waals surface area (Å²) >= 11 is 6.13. The molecule has 0 radical (unpaired) electrons. The van der Waals surface area contributed by atoms with Gasteiger partial charge in [-0.15, -0.1) is 0 Å². The van der Waals surface area contributed by atoms with Crippen molar-refractivity contribution in [2.45, 2.75) is 13.0 Å². The number of benzene rings is 2. The quantitative estimate of drug-likeness (QED) is 0.845. The van der Waals surface area contributed by atoms with Crippen LogP contribution < -0.4 is 10.6 Å². The number of carbonyl (C=O) groups excluding carboxylic acids is 3. The first-order chi connectivity index (χ1) is 12.3. The molecule has 26 heavy (non-hydrogen) atoms. The lowest BCUT2D eigenvalue weighted by molar-refractivity contribution is -0.117. The number of nitrogens with one attached hydrogen (secondary N) is 2. The van der Waals surface area contributed by atoms with Crippen LogP contribution in [0.1, 0.15) is 27.6 Å². The molecule has 6 nitrogen and oxygen atoms in total. The molecule has 0 saturated heterocycles. The third-order valence-corrected chi connectivity index (χ3v) is 3.96. The topological polar surface area (TPSA) is 78.5 Å². The molecule has 0 aliphatic rings. The van der Waals surface area contributed by atoms with Gasteiger partial charge >= 0.3 is 0 Å². The molecular formula is C19H20ClN3O3. The van der Waals surface area contributed by atoms with E-state index in [9.17, 15) is 14.4 Å². The van der Waals surface area contributed by atoms with Crippen LogP contribution in [0, 0.1) is 0 Å². The third-order valence-electron chi connectivity index (χ3n) is 3.65. The van der Waals surface area contributed by atoms with E-state index in [0.717, 1.165) is 0 Å². The van der Waals surface area contributed by atoms with E-state index in [1.165, 1.54) is 11.0 Å². The van der Waals surface area contributed by atoms with Gasteiger partial charge in [-0.3, -0.25) is 14.4 Å². The number of halogens is 1. The first-order valence-corrected chi connectivity index (χ1v) is 8.35. The molecule has 0 spiro atoms. The van der Waals surface area contributed by atoms with Gasteiger partial charge in [0.25, 0.3) is 11.8 Å². The fourth-order valence-electron chi connectivity index (χ4n) is 2.19. The molecule has 0 aliphatic carbocycles. The lowest BCUT2D eigenvalue weighted by Gasteiger charge is -2.15. The number of nitrogens with zero attached hydrogens (tertiary/aromatic N) is 1. The van der Waals surface area contributed by atoms with Crippen LogP contribution in [-0.4, -0.2) is 42.8 Å². The molecule has 1 unspecified atom stereocenters. The van der Waals surface area contributed by atoms with Crippen molar-refractivity contribution in [3.8, 4) is 0 Å². The molecule has 0 bridgehead atoms. The van der Waals surface area contributed by atoms with Crippen LogP contribution in [0.15, 0.2) is 48.5 Å². The van der Waals surface area contributed by atoms with Crippen LogP contribution in [0.4, 0.5) is 5.69 Å². The summed E-state index contributed by atoms with van der Waals surface area (Å²) in [5, 5.41) is 5.54. The molecule has 2 rings (SSSR count). The van der Waals surface area contributed by atoms with Crippen molar-refractivity contribution in [1.29, 1.82) is 0 Å². The summed E-state index contributed by atoms with van der Waals surface area (Å²) in [6, 6.07) is 12.5. The van der Waals surface area contributed by atoms with Gasteiger partial charge in [0, 0.05) is 25.3 Å². The number of hydrogen-bond donors (Lipinski definition) is 2. The number of carbonyl (C=O) groups is 3. The average Bonchev–Trinajstić information content (AvgIpc) is 2.61. The highest BCUT2D eigenvalue weighted by molar-refractivity contribution is 6.34. The van der Waals surface area contributed by atoms with E-state index in [-0.39, 0.29) is 16.8 Å². The van der Waals surface area contributed by atoms with Crippen LogP contribution in [0.3, 0.4) is 0 Å². The van der Waals surface area contributed by atoms with Gasteiger partial charge in [-0.2, -0.15) is 0 Å². The zero-order valence-corrected chi connectivity index (χ0v) is 15.5. The Morgan fingerprint density at radius 2 is 1.69 bits per heavy atom. The highest BCUT2D eigenvalue weighted by Gasteiger charge is 2.18. The Morgan fingerprint density at radius 1 is 1.04 bits per heavy atom. The van der Waals surface area contributed by atoms with E-state index >= 15 is 0 Å². The van der Waals surface area contributed by atoms with Gasteiger partial charge in [0.2, 0.25) is 5.91 Å². The molecule has 0 fully saturated rings. The summed E-state index contributed by atoms with van der Waals surface area (Å²) in [6.45, 7) is 1.59. The number of hydrogen-bond acceptors (Lipinski definition) is 3. The first kappa shape index (κ1) is 19.5. The highest BCUT2D eigenvalue weighted by Crippen LogP contribution is 2.22. The van der Waals surface area contributed by atoms with Gasteiger partial charge in [0.1, 0.15) is 6.04 Å². The molecule has 2 aromatic rings. The number of rotatable bonds is 5. The second kappa shape index (κ2) is 8.49. The van der Waals surface area contributed by atoms with Gasteiger partial charge in [-0.05, 0) is 37.3 Å². The SMILES string of the molecule is CC(NC(=O)c1ccccc1)C(=O)Nc1ccc(C(=O)N(C)C)c(Cl)c1. The minimum absolute atomic E-state index is 0.226. The second-order valence-corrected chi connectivity index (χ2v) is 6.35. The average molecular weight is 374 g/mol. The van der Waals surface area contributed by atoms with Crippen LogP contribution in [-0.2, 0) is 4.79 Å². The third kappa shape index (κ3) is 4.83. The van der Waals surface area contributed by atoms with Crippen molar-refractivity contribution in [1.82, 2.24) is 10.2 Å². The lowest BCUT2D eigenvalue weighted by atomic mass is 10.1. The van der Waals surface area contributed by atoms with E-state index < -0.39 is 11.9 Å². The van der Waals surface area contributed by atoms with Crippen LogP contribution in [0.5, 0.6) is 0 Å². The van der Waals surface area contributed by atoms with Gasteiger partial charge in [0.15, 0.2) is 0 Å². The summed E-state index contributed by atoms with van der Waals surface area (Å²) in [5.41, 5.74) is 1.26. The van der Waals surface area contributed by atoms with Gasteiger partial charge in [-0.25, -0.2) is 0 Å². The smallest absolute Gasteiger partial charge is 0.254 e. The van der Waals surface area contributed by atoms with Gasteiger partial charge in [-0.1, -0.05) is 29.8 Å². The molecule has 0 aliphatic heterocycles. The molecule has 0 aromatic heterocycles. The highest BCUT2D eigenvalue weighted by atomic mass is 35.5. The lowest BCUT2D eigenvalue weighted by Crippen LogP contribution is -2.41. The molecule has 2 aromatic carbocycles. The largest absolute Gasteiger partial charge is 0.345 e. The van der Waals surface area contributed by atoms with Crippen LogP contribution in [0.25, 0.3) is 0 Å². The van der Waals surface area contributed by atoms with Crippen molar-refractivity contribution in [3.05, 3.63) is 64.7 Å². The van der Waals surface area contributed by atoms with E-state index in [1.807, 2.05) is 0 Å². The Hall–Kier alpha value is -2.86. The van der Waals surface area contributed by atoms with E-state index in [2.05, 4.69) is 10.6 Å². The monoisotopic (exact) mass is 373 g/mol. The fraction of sp³-hybridized carbons (Fsp3) is 0.211. The van der Waals surface area contributed by atoms with Crippen molar-refractivity contribution in [2.24, 2.45) is 0 Å². The zero-order chi connectivity index (χ0) is 19.3. The van der Waals surface area contributed by atoms with E-state index in [0.29, 0.717) is 16.8 Å². The zero-order valence-electron chi connectivity index (χ0n) is 14.7. The molecule has 136 valence electrons. The Balaban J connectivity index is 2.01. The molecule has 3 amide bonds. The number of amides is 3. The molecule has 0 saturated carbocycles.